The second-order valence-electron chi connectivity index (χ2n) is 4.86. The van der Waals surface area contributed by atoms with Crippen LogP contribution < -0.4 is 0 Å². The Balaban J connectivity index is 1.97. The van der Waals surface area contributed by atoms with Crippen LogP contribution in [-0.2, 0) is 4.79 Å². The number of nitrogens with zero attached hydrogens (tertiary/aromatic N) is 2. The lowest BCUT2D eigenvalue weighted by Gasteiger charge is -2.17. The van der Waals surface area contributed by atoms with Gasteiger partial charge in [-0.2, -0.15) is 11.8 Å². The van der Waals surface area contributed by atoms with Gasteiger partial charge in [-0.1, -0.05) is 42.1 Å². The van der Waals surface area contributed by atoms with Crippen LogP contribution in [0.5, 0.6) is 0 Å². The van der Waals surface area contributed by atoms with Gasteiger partial charge in [0.25, 0.3) is 0 Å². The summed E-state index contributed by atoms with van der Waals surface area (Å²) in [6, 6.07) is 10.6. The third-order valence-corrected chi connectivity index (χ3v) is 5.52. The molecular weight excluding hydrogens is 304 g/mol. The van der Waals surface area contributed by atoms with Crippen LogP contribution in [0.4, 0.5) is 0 Å². The molecule has 1 fully saturated rings. The number of hydrogen-bond donors (Lipinski definition) is 1. The lowest BCUT2D eigenvalue weighted by atomic mass is 10.1. The van der Waals surface area contributed by atoms with Crippen LogP contribution in [0, 0.1) is 0 Å². The van der Waals surface area contributed by atoms with E-state index in [9.17, 15) is 4.79 Å². The number of carboxylic acid groups (broad SMARTS) is 1. The molecule has 2 heterocycles. The average molecular weight is 320 g/mol. The predicted molar refractivity (Wildman–Crippen MR) is 87.0 cm³/mol. The molecule has 0 aliphatic carbocycles. The maximum Gasteiger partial charge on any atom is 0.313 e. The van der Waals surface area contributed by atoms with Crippen LogP contribution >= 0.6 is 23.5 Å². The van der Waals surface area contributed by atoms with E-state index in [-0.39, 0.29) is 5.75 Å². The van der Waals surface area contributed by atoms with E-state index in [1.807, 2.05) is 36.2 Å². The van der Waals surface area contributed by atoms with Crippen LogP contribution in [-0.4, -0.2) is 37.9 Å². The Morgan fingerprint density at radius 1 is 1.43 bits per heavy atom. The molecule has 0 spiro atoms. The molecule has 1 unspecified atom stereocenters. The summed E-state index contributed by atoms with van der Waals surface area (Å²) < 4.78 is 2.23. The van der Waals surface area contributed by atoms with Crippen molar-refractivity contribution in [1.82, 2.24) is 9.55 Å². The van der Waals surface area contributed by atoms with E-state index in [2.05, 4.69) is 21.7 Å². The Morgan fingerprint density at radius 3 is 2.90 bits per heavy atom. The summed E-state index contributed by atoms with van der Waals surface area (Å²) in [5.74, 6) is 1.46. The van der Waals surface area contributed by atoms with Crippen molar-refractivity contribution in [1.29, 1.82) is 0 Å². The van der Waals surface area contributed by atoms with Gasteiger partial charge in [-0.3, -0.25) is 4.79 Å². The lowest BCUT2D eigenvalue weighted by molar-refractivity contribution is -0.133. The predicted octanol–water partition coefficient (Wildman–Crippen LogP) is 3.40. The molecule has 1 saturated heterocycles. The molecular formula is C15H16N2O2S2. The molecule has 1 aromatic heterocycles. The fraction of sp³-hybridized carbons (Fsp3) is 0.333. The molecule has 1 atom stereocenters. The van der Waals surface area contributed by atoms with Gasteiger partial charge >= 0.3 is 5.97 Å². The van der Waals surface area contributed by atoms with Crippen molar-refractivity contribution in [2.45, 2.75) is 17.6 Å². The summed E-state index contributed by atoms with van der Waals surface area (Å²) in [6.07, 6.45) is 2.98. The molecule has 0 radical (unpaired) electrons. The minimum absolute atomic E-state index is 0.0467. The zero-order chi connectivity index (χ0) is 14.7. The summed E-state index contributed by atoms with van der Waals surface area (Å²) in [4.78, 5) is 15.3. The largest absolute Gasteiger partial charge is 0.481 e. The molecule has 6 heteroatoms. The van der Waals surface area contributed by atoms with Gasteiger partial charge in [0.2, 0.25) is 0 Å². The number of imidazole rings is 1. The third kappa shape index (κ3) is 3.27. The van der Waals surface area contributed by atoms with Gasteiger partial charge in [-0.15, -0.1) is 0 Å². The first-order valence-corrected chi connectivity index (χ1v) is 8.94. The van der Waals surface area contributed by atoms with Gasteiger partial charge in [0.05, 0.1) is 17.6 Å². The van der Waals surface area contributed by atoms with Crippen molar-refractivity contribution >= 4 is 29.5 Å². The van der Waals surface area contributed by atoms with Crippen molar-refractivity contribution in [2.24, 2.45) is 0 Å². The highest BCUT2D eigenvalue weighted by molar-refractivity contribution is 8.00. The normalized spacial score (nSPS) is 18.0. The summed E-state index contributed by atoms with van der Waals surface area (Å²) in [5.41, 5.74) is 2.21. The Bertz CT molecular complexity index is 622. The van der Waals surface area contributed by atoms with Crippen LogP contribution in [0.15, 0.2) is 41.7 Å². The summed E-state index contributed by atoms with van der Waals surface area (Å²) >= 11 is 3.24. The van der Waals surface area contributed by atoms with Crippen molar-refractivity contribution in [3.05, 3.63) is 36.5 Å². The van der Waals surface area contributed by atoms with Crippen molar-refractivity contribution in [3.63, 3.8) is 0 Å². The van der Waals surface area contributed by atoms with E-state index >= 15 is 0 Å². The van der Waals surface area contributed by atoms with Gasteiger partial charge < -0.3 is 9.67 Å². The van der Waals surface area contributed by atoms with E-state index in [4.69, 9.17) is 5.11 Å². The quantitative estimate of drug-likeness (QED) is 0.856. The molecule has 0 bridgehead atoms. The van der Waals surface area contributed by atoms with Crippen LogP contribution in [0.25, 0.3) is 11.3 Å². The Labute approximate surface area is 132 Å². The minimum Gasteiger partial charge on any atom is -0.481 e. The standard InChI is InChI=1S/C15H16N2O2S2/c18-14(19)10-21-15-16-8-13(11-4-2-1-3-5-11)17(15)12-6-7-20-9-12/h1-5,8,12H,6-7,9-10H2,(H,18,19). The first-order chi connectivity index (χ1) is 10.3. The maximum absolute atomic E-state index is 10.8. The van der Waals surface area contributed by atoms with Crippen molar-refractivity contribution in [2.75, 3.05) is 17.3 Å². The molecule has 21 heavy (non-hydrogen) atoms. The van der Waals surface area contributed by atoms with Crippen molar-refractivity contribution < 1.29 is 9.90 Å². The first kappa shape index (κ1) is 14.5. The number of benzene rings is 1. The van der Waals surface area contributed by atoms with Crippen LogP contribution in [0.2, 0.25) is 0 Å². The zero-order valence-electron chi connectivity index (χ0n) is 11.4. The number of carbonyl (C=O) groups is 1. The van der Waals surface area contributed by atoms with Gasteiger partial charge in [0.15, 0.2) is 5.16 Å². The highest BCUT2D eigenvalue weighted by Gasteiger charge is 2.24. The number of hydrogen-bond acceptors (Lipinski definition) is 4. The molecule has 1 aromatic carbocycles. The summed E-state index contributed by atoms with van der Waals surface area (Å²) in [6.45, 7) is 0. The van der Waals surface area contributed by atoms with E-state index < -0.39 is 5.97 Å². The Kier molecular flexibility index (Phi) is 4.55. The molecule has 110 valence electrons. The van der Waals surface area contributed by atoms with E-state index in [1.54, 1.807) is 0 Å². The highest BCUT2D eigenvalue weighted by Crippen LogP contribution is 2.36. The molecule has 4 nitrogen and oxygen atoms in total. The maximum atomic E-state index is 10.8. The fourth-order valence-corrected chi connectivity index (χ4v) is 4.44. The zero-order valence-corrected chi connectivity index (χ0v) is 13.1. The molecule has 0 amide bonds. The monoisotopic (exact) mass is 320 g/mol. The average Bonchev–Trinajstić information content (AvgIpc) is 3.15. The fourth-order valence-electron chi connectivity index (χ4n) is 2.48. The number of thioether (sulfide) groups is 2. The lowest BCUT2D eigenvalue weighted by Crippen LogP contribution is -2.11. The molecule has 1 aliphatic heterocycles. The first-order valence-electron chi connectivity index (χ1n) is 6.80. The molecule has 3 rings (SSSR count). The SMILES string of the molecule is O=C(O)CSc1ncc(-c2ccccc2)n1C1CCSC1. The van der Waals surface area contributed by atoms with E-state index in [0.717, 1.165) is 34.3 Å². The number of rotatable bonds is 5. The number of carboxylic acids is 1. The van der Waals surface area contributed by atoms with Crippen LogP contribution in [0.3, 0.4) is 0 Å². The van der Waals surface area contributed by atoms with Gasteiger partial charge in [-0.05, 0) is 17.7 Å². The third-order valence-electron chi connectivity index (χ3n) is 3.43. The number of aliphatic carboxylic acids is 1. The topological polar surface area (TPSA) is 55.1 Å². The minimum atomic E-state index is -0.809. The second kappa shape index (κ2) is 6.58. The van der Waals surface area contributed by atoms with Gasteiger partial charge in [-0.25, -0.2) is 4.98 Å². The summed E-state index contributed by atoms with van der Waals surface area (Å²) in [7, 11) is 0. The second-order valence-corrected chi connectivity index (χ2v) is 6.95. The van der Waals surface area contributed by atoms with E-state index in [0.29, 0.717) is 6.04 Å². The van der Waals surface area contributed by atoms with Gasteiger partial charge in [0.1, 0.15) is 0 Å². The van der Waals surface area contributed by atoms with Gasteiger partial charge in [0, 0.05) is 11.8 Å². The molecule has 2 aromatic rings. The molecule has 0 saturated carbocycles. The number of aromatic nitrogens is 2. The highest BCUT2D eigenvalue weighted by atomic mass is 32.2. The smallest absolute Gasteiger partial charge is 0.313 e. The Morgan fingerprint density at radius 2 is 2.24 bits per heavy atom. The Hall–Kier alpha value is -1.40. The van der Waals surface area contributed by atoms with Crippen LogP contribution in [0.1, 0.15) is 12.5 Å². The molecule has 1 aliphatic rings. The van der Waals surface area contributed by atoms with Crippen molar-refractivity contribution in [3.8, 4) is 11.3 Å². The van der Waals surface area contributed by atoms with E-state index in [1.165, 1.54) is 11.8 Å². The summed E-state index contributed by atoms with van der Waals surface area (Å²) in [5, 5.41) is 9.70. The molecule has 1 N–H and O–H groups in total.